The van der Waals surface area contributed by atoms with Crippen LogP contribution in [0.15, 0.2) is 24.3 Å². The van der Waals surface area contributed by atoms with Crippen molar-refractivity contribution in [3.05, 3.63) is 46.9 Å². The molecule has 1 N–H and O–H groups in total. The van der Waals surface area contributed by atoms with E-state index >= 15 is 0 Å². The summed E-state index contributed by atoms with van der Waals surface area (Å²) in [6.45, 7) is 5.18. The number of nitrogens with zero attached hydrogens (tertiary/aromatic N) is 3. The zero-order valence-corrected chi connectivity index (χ0v) is 14.8. The van der Waals surface area contributed by atoms with Gasteiger partial charge in [-0.05, 0) is 55.7 Å². The molecule has 0 spiro atoms. The topological polar surface area (TPSA) is 41.1 Å². The van der Waals surface area contributed by atoms with Crippen LogP contribution >= 0.6 is 0 Å². The van der Waals surface area contributed by atoms with E-state index in [1.807, 2.05) is 12.1 Å². The second-order valence-corrected chi connectivity index (χ2v) is 7.29. The molecule has 1 aromatic heterocycles. The van der Waals surface area contributed by atoms with Gasteiger partial charge in [0.2, 0.25) is 5.95 Å². The van der Waals surface area contributed by atoms with E-state index in [0.29, 0.717) is 5.92 Å². The maximum Gasteiger partial charge on any atom is 0.227 e. The number of nitrogens with one attached hydrogen (secondary N) is 1. The molecule has 132 valence electrons. The second-order valence-electron chi connectivity index (χ2n) is 7.29. The van der Waals surface area contributed by atoms with Gasteiger partial charge >= 0.3 is 0 Å². The molecule has 4 nitrogen and oxygen atoms in total. The first-order chi connectivity index (χ1) is 12.2. The van der Waals surface area contributed by atoms with Crippen molar-refractivity contribution in [3.8, 4) is 0 Å². The first-order valence-corrected chi connectivity index (χ1v) is 9.32. The molecule has 2 heterocycles. The smallest absolute Gasteiger partial charge is 0.227 e. The molecule has 1 saturated heterocycles. The molecule has 1 aromatic carbocycles. The lowest BCUT2D eigenvalue weighted by Gasteiger charge is -2.19. The van der Waals surface area contributed by atoms with E-state index in [0.717, 1.165) is 62.6 Å². The Kier molecular flexibility index (Phi) is 4.55. The molecule has 2 aliphatic rings. The molecule has 4 rings (SSSR count). The van der Waals surface area contributed by atoms with E-state index in [1.54, 1.807) is 0 Å². The predicted octanol–water partition coefficient (Wildman–Crippen LogP) is 3.61. The highest BCUT2D eigenvalue weighted by Crippen LogP contribution is 2.30. The zero-order chi connectivity index (χ0) is 17.2. The number of fused-ring (bicyclic) bond motifs is 1. The van der Waals surface area contributed by atoms with Crippen molar-refractivity contribution in [3.63, 3.8) is 0 Å². The van der Waals surface area contributed by atoms with Crippen molar-refractivity contribution in [1.29, 1.82) is 0 Å². The number of aryl methyl sites for hydroxylation is 1. The normalized spacial score (nSPS) is 19.3. The minimum atomic E-state index is -0.185. The third kappa shape index (κ3) is 3.60. The Morgan fingerprint density at radius 2 is 2.04 bits per heavy atom. The number of halogens is 1. The highest BCUT2D eigenvalue weighted by Gasteiger charge is 2.25. The molecular weight excluding hydrogens is 315 g/mol. The van der Waals surface area contributed by atoms with Crippen LogP contribution in [0.2, 0.25) is 0 Å². The van der Waals surface area contributed by atoms with Gasteiger partial charge in [0.05, 0.1) is 5.69 Å². The molecule has 1 aliphatic carbocycles. The van der Waals surface area contributed by atoms with Gasteiger partial charge in [-0.15, -0.1) is 0 Å². The number of hydrogen-bond acceptors (Lipinski definition) is 4. The molecule has 1 atom stereocenters. The standard InChI is InChI=1S/C20H25FN4/c1-14-10-12-25(13-14)20-23-18-4-2-3-17(18)19(24-20)22-11-9-15-5-7-16(21)8-6-15/h5-8,14H,2-4,9-13H2,1H3,(H,22,23,24). The van der Waals surface area contributed by atoms with E-state index in [1.165, 1.54) is 29.8 Å². The predicted molar refractivity (Wildman–Crippen MR) is 98.6 cm³/mol. The summed E-state index contributed by atoms with van der Waals surface area (Å²) in [4.78, 5) is 12.0. The van der Waals surface area contributed by atoms with Crippen molar-refractivity contribution >= 4 is 11.8 Å². The molecular formula is C20H25FN4. The Morgan fingerprint density at radius 3 is 2.80 bits per heavy atom. The Labute approximate surface area is 148 Å². The van der Waals surface area contributed by atoms with Gasteiger partial charge in [0, 0.05) is 25.2 Å². The van der Waals surface area contributed by atoms with Crippen molar-refractivity contribution in [1.82, 2.24) is 9.97 Å². The van der Waals surface area contributed by atoms with Crippen LogP contribution < -0.4 is 10.2 Å². The molecule has 1 aliphatic heterocycles. The van der Waals surface area contributed by atoms with Crippen LogP contribution in [0.4, 0.5) is 16.2 Å². The van der Waals surface area contributed by atoms with E-state index in [-0.39, 0.29) is 5.82 Å². The molecule has 0 radical (unpaired) electrons. The number of anilines is 2. The van der Waals surface area contributed by atoms with Crippen LogP contribution in [0, 0.1) is 11.7 Å². The summed E-state index contributed by atoms with van der Waals surface area (Å²) in [6, 6.07) is 6.73. The number of benzene rings is 1. The SMILES string of the molecule is CC1CCN(c2nc3c(c(NCCc4ccc(F)cc4)n2)CCC3)C1. The van der Waals surface area contributed by atoms with E-state index in [2.05, 4.69) is 17.1 Å². The van der Waals surface area contributed by atoms with Gasteiger partial charge in [0.25, 0.3) is 0 Å². The number of aromatic nitrogens is 2. The number of hydrogen-bond donors (Lipinski definition) is 1. The summed E-state index contributed by atoms with van der Waals surface area (Å²) in [5.74, 6) is 2.41. The Morgan fingerprint density at radius 1 is 1.20 bits per heavy atom. The van der Waals surface area contributed by atoms with E-state index in [4.69, 9.17) is 9.97 Å². The van der Waals surface area contributed by atoms with Gasteiger partial charge < -0.3 is 10.2 Å². The fraction of sp³-hybridized carbons (Fsp3) is 0.500. The zero-order valence-electron chi connectivity index (χ0n) is 14.8. The monoisotopic (exact) mass is 340 g/mol. The molecule has 0 bridgehead atoms. The molecule has 1 unspecified atom stereocenters. The van der Waals surface area contributed by atoms with E-state index < -0.39 is 0 Å². The lowest BCUT2D eigenvalue weighted by molar-refractivity contribution is 0.627. The minimum Gasteiger partial charge on any atom is -0.369 e. The average molecular weight is 340 g/mol. The molecule has 5 heteroatoms. The van der Waals surface area contributed by atoms with Gasteiger partial charge in [-0.1, -0.05) is 19.1 Å². The lowest BCUT2D eigenvalue weighted by Crippen LogP contribution is -2.23. The first-order valence-electron chi connectivity index (χ1n) is 9.32. The summed E-state index contributed by atoms with van der Waals surface area (Å²) >= 11 is 0. The summed E-state index contributed by atoms with van der Waals surface area (Å²) in [7, 11) is 0. The largest absolute Gasteiger partial charge is 0.369 e. The third-order valence-corrected chi connectivity index (χ3v) is 5.25. The molecule has 0 saturated carbocycles. The Hall–Kier alpha value is -2.17. The summed E-state index contributed by atoms with van der Waals surface area (Å²) < 4.78 is 13.0. The third-order valence-electron chi connectivity index (χ3n) is 5.25. The van der Waals surface area contributed by atoms with Crippen molar-refractivity contribution in [2.75, 3.05) is 29.9 Å². The molecule has 0 amide bonds. The highest BCUT2D eigenvalue weighted by molar-refractivity contribution is 5.53. The Balaban J connectivity index is 1.48. The molecule has 1 fully saturated rings. The van der Waals surface area contributed by atoms with Crippen molar-refractivity contribution < 1.29 is 4.39 Å². The van der Waals surface area contributed by atoms with Crippen LogP contribution in [0.25, 0.3) is 0 Å². The van der Waals surface area contributed by atoms with Crippen LogP contribution in [0.1, 0.15) is 36.6 Å². The minimum absolute atomic E-state index is 0.185. The van der Waals surface area contributed by atoms with Crippen LogP contribution in [-0.4, -0.2) is 29.6 Å². The average Bonchev–Trinajstić information content (AvgIpc) is 3.25. The van der Waals surface area contributed by atoms with Crippen molar-refractivity contribution in [2.45, 2.75) is 39.0 Å². The fourth-order valence-electron chi connectivity index (χ4n) is 3.80. The number of rotatable bonds is 5. The van der Waals surface area contributed by atoms with Gasteiger partial charge in [0.15, 0.2) is 0 Å². The highest BCUT2D eigenvalue weighted by atomic mass is 19.1. The summed E-state index contributed by atoms with van der Waals surface area (Å²) in [5.41, 5.74) is 3.64. The van der Waals surface area contributed by atoms with E-state index in [9.17, 15) is 4.39 Å². The van der Waals surface area contributed by atoms with Gasteiger partial charge in [-0.2, -0.15) is 4.98 Å². The maximum atomic E-state index is 13.0. The quantitative estimate of drug-likeness (QED) is 0.903. The van der Waals surface area contributed by atoms with Crippen LogP contribution in [0.3, 0.4) is 0 Å². The van der Waals surface area contributed by atoms with Gasteiger partial charge in [-0.25, -0.2) is 9.37 Å². The molecule has 25 heavy (non-hydrogen) atoms. The maximum absolute atomic E-state index is 13.0. The van der Waals surface area contributed by atoms with Crippen LogP contribution in [-0.2, 0) is 19.3 Å². The van der Waals surface area contributed by atoms with Gasteiger partial charge in [-0.3, -0.25) is 0 Å². The second kappa shape index (κ2) is 6.98. The van der Waals surface area contributed by atoms with Gasteiger partial charge in [0.1, 0.15) is 11.6 Å². The fourth-order valence-corrected chi connectivity index (χ4v) is 3.80. The Bertz CT molecular complexity index is 744. The van der Waals surface area contributed by atoms with Crippen molar-refractivity contribution in [2.24, 2.45) is 5.92 Å². The first kappa shape index (κ1) is 16.3. The molecule has 2 aromatic rings. The lowest BCUT2D eigenvalue weighted by atomic mass is 10.1. The summed E-state index contributed by atoms with van der Waals surface area (Å²) in [6.07, 6.45) is 5.35. The summed E-state index contributed by atoms with van der Waals surface area (Å²) in [5, 5.41) is 3.51. The van der Waals surface area contributed by atoms with Crippen LogP contribution in [0.5, 0.6) is 0 Å².